The van der Waals surface area contributed by atoms with E-state index in [-0.39, 0.29) is 6.03 Å². The van der Waals surface area contributed by atoms with Crippen molar-refractivity contribution >= 4 is 22.5 Å². The number of likely N-dealkylation sites (N-methyl/N-ethyl adjacent to an activating group) is 1. The second-order valence-electron chi connectivity index (χ2n) is 9.40. The Morgan fingerprint density at radius 1 is 1.09 bits per heavy atom. The maximum Gasteiger partial charge on any atom is 0.323 e. The third-order valence-corrected chi connectivity index (χ3v) is 7.74. The lowest BCUT2D eigenvalue weighted by Crippen LogP contribution is -2.42. The van der Waals surface area contributed by atoms with Crippen LogP contribution in [0.1, 0.15) is 29.8 Å². The Balaban J connectivity index is 1.49. The number of hydrogen-bond acceptors (Lipinski definition) is 6. The fourth-order valence-electron chi connectivity index (χ4n) is 5.12. The number of aryl methyl sites for hydroxylation is 2. The van der Waals surface area contributed by atoms with Gasteiger partial charge in [0.15, 0.2) is 5.13 Å². The molecule has 2 amide bonds. The van der Waals surface area contributed by atoms with E-state index >= 15 is 0 Å². The van der Waals surface area contributed by atoms with Crippen LogP contribution >= 0.6 is 11.3 Å². The van der Waals surface area contributed by atoms with Gasteiger partial charge in [-0.15, -0.1) is 0 Å². The Bertz CT molecular complexity index is 1260. The van der Waals surface area contributed by atoms with Gasteiger partial charge < -0.3 is 9.80 Å². The van der Waals surface area contributed by atoms with Crippen LogP contribution in [-0.4, -0.2) is 58.5 Å². The molecule has 0 aliphatic carbocycles. The second kappa shape index (κ2) is 9.16. The second-order valence-corrected chi connectivity index (χ2v) is 10.4. The number of carbonyl (C=O) groups excluding carboxylic acids is 1. The number of amides is 2. The fraction of sp³-hybridized carbons (Fsp3) is 0.385. The van der Waals surface area contributed by atoms with Crippen LogP contribution in [0.5, 0.6) is 0 Å². The van der Waals surface area contributed by atoms with Crippen molar-refractivity contribution in [3.63, 3.8) is 0 Å². The van der Waals surface area contributed by atoms with Crippen molar-refractivity contribution in [2.75, 3.05) is 32.0 Å². The van der Waals surface area contributed by atoms with Gasteiger partial charge >= 0.3 is 6.03 Å². The van der Waals surface area contributed by atoms with E-state index in [1.165, 1.54) is 17.8 Å². The number of nitriles is 1. The molecule has 3 aliphatic heterocycles. The van der Waals surface area contributed by atoms with E-state index in [0.717, 1.165) is 59.1 Å². The van der Waals surface area contributed by atoms with Gasteiger partial charge in [-0.3, -0.25) is 10.3 Å². The van der Waals surface area contributed by atoms with Crippen LogP contribution in [0.25, 0.3) is 21.7 Å². The van der Waals surface area contributed by atoms with Crippen molar-refractivity contribution in [3.05, 3.63) is 53.3 Å². The van der Waals surface area contributed by atoms with Gasteiger partial charge in [0.25, 0.3) is 0 Å². The number of fused-ring (bicyclic) bond motifs is 4. The van der Waals surface area contributed by atoms with E-state index in [4.69, 9.17) is 4.98 Å². The van der Waals surface area contributed by atoms with Gasteiger partial charge in [-0.05, 0) is 69.5 Å². The Morgan fingerprint density at radius 3 is 2.62 bits per heavy atom. The summed E-state index contributed by atoms with van der Waals surface area (Å²) in [4.78, 5) is 27.9. The molecule has 0 unspecified atom stereocenters. The molecule has 5 heterocycles. The largest absolute Gasteiger partial charge is 0.323 e. The minimum Gasteiger partial charge on any atom is -0.323 e. The summed E-state index contributed by atoms with van der Waals surface area (Å²) in [6, 6.07) is 14.0. The molecule has 0 radical (unpaired) electrons. The number of nitrogens with zero attached hydrogens (tertiary/aromatic N) is 5. The van der Waals surface area contributed by atoms with Crippen LogP contribution in [0, 0.1) is 31.1 Å². The first kappa shape index (κ1) is 22.5. The molecule has 0 spiro atoms. The predicted octanol–water partition coefficient (Wildman–Crippen LogP) is 4.92. The van der Waals surface area contributed by atoms with Crippen LogP contribution in [-0.2, 0) is 0 Å². The number of aromatic nitrogens is 2. The van der Waals surface area contributed by atoms with Gasteiger partial charge in [-0.2, -0.15) is 5.26 Å². The van der Waals surface area contributed by atoms with E-state index in [0.29, 0.717) is 22.7 Å². The van der Waals surface area contributed by atoms with Crippen molar-refractivity contribution in [3.8, 4) is 27.8 Å². The monoisotopic (exact) mass is 472 g/mol. The van der Waals surface area contributed by atoms with Crippen molar-refractivity contribution in [2.45, 2.75) is 32.7 Å². The van der Waals surface area contributed by atoms with Gasteiger partial charge in [0.1, 0.15) is 0 Å². The summed E-state index contributed by atoms with van der Waals surface area (Å²) in [6.07, 6.45) is 2.33. The van der Waals surface area contributed by atoms with Crippen LogP contribution in [0.15, 0.2) is 36.4 Å². The van der Waals surface area contributed by atoms with Crippen molar-refractivity contribution < 1.29 is 4.79 Å². The standard InChI is InChI=1S/C26H28N6OS/c1-16-9-21(10-17(2)28-16)24-23(20-6-4-5-18(11-20)12-27)29-25(34-24)30-26(33)32-14-19-7-8-22(15-32)31(3)13-19/h4-6,9-11,19,22H,7-8,13-15H2,1-3H3,(H,29,30,33)/t19-,22-/m0/s1. The summed E-state index contributed by atoms with van der Waals surface area (Å²) in [5.41, 5.74) is 5.05. The molecular weight excluding hydrogens is 444 g/mol. The highest BCUT2D eigenvalue weighted by Crippen LogP contribution is 2.40. The van der Waals surface area contributed by atoms with Gasteiger partial charge in [-0.25, -0.2) is 9.78 Å². The number of carbonyl (C=O) groups is 1. The average molecular weight is 473 g/mol. The molecule has 7 nitrogen and oxygen atoms in total. The van der Waals surface area contributed by atoms with E-state index < -0.39 is 0 Å². The first-order valence-corrected chi connectivity index (χ1v) is 12.4. The number of benzene rings is 1. The third-order valence-electron chi connectivity index (χ3n) is 6.72. The summed E-state index contributed by atoms with van der Waals surface area (Å²) < 4.78 is 0. The zero-order chi connectivity index (χ0) is 23.8. The molecular formula is C26H28N6OS. The molecule has 1 N–H and O–H groups in total. The Kier molecular flexibility index (Phi) is 6.07. The van der Waals surface area contributed by atoms with E-state index in [9.17, 15) is 10.1 Å². The molecule has 3 aromatic rings. The van der Waals surface area contributed by atoms with Crippen molar-refractivity contribution in [1.82, 2.24) is 19.8 Å². The average Bonchev–Trinajstić information content (AvgIpc) is 3.02. The molecule has 2 atom stereocenters. The molecule has 2 aromatic heterocycles. The number of urea groups is 1. The summed E-state index contributed by atoms with van der Waals surface area (Å²) >= 11 is 1.46. The van der Waals surface area contributed by atoms with Crippen molar-refractivity contribution in [2.24, 2.45) is 5.92 Å². The molecule has 3 saturated heterocycles. The zero-order valence-electron chi connectivity index (χ0n) is 19.7. The van der Waals surface area contributed by atoms with E-state index in [1.807, 2.05) is 49.1 Å². The molecule has 1 aromatic carbocycles. The molecule has 3 fully saturated rings. The van der Waals surface area contributed by atoms with Gasteiger partial charge in [-0.1, -0.05) is 23.5 Å². The maximum absolute atomic E-state index is 13.3. The smallest absolute Gasteiger partial charge is 0.323 e. The number of nitrogens with one attached hydrogen (secondary N) is 1. The van der Waals surface area contributed by atoms with Crippen LogP contribution in [0.3, 0.4) is 0 Å². The van der Waals surface area contributed by atoms with E-state index in [1.54, 1.807) is 6.07 Å². The molecule has 3 aliphatic rings. The number of rotatable bonds is 3. The summed E-state index contributed by atoms with van der Waals surface area (Å²) in [5.74, 6) is 0.522. The molecule has 0 saturated carbocycles. The number of pyridine rings is 1. The Labute approximate surface area is 204 Å². The highest BCUT2D eigenvalue weighted by atomic mass is 32.1. The number of thiazole rings is 1. The lowest BCUT2D eigenvalue weighted by atomic mass is 9.96. The van der Waals surface area contributed by atoms with Gasteiger partial charge in [0, 0.05) is 42.6 Å². The molecule has 6 rings (SSSR count). The number of piperidine rings is 1. The Morgan fingerprint density at radius 2 is 1.88 bits per heavy atom. The van der Waals surface area contributed by atoms with E-state index in [2.05, 4.69) is 28.3 Å². The minimum absolute atomic E-state index is 0.0908. The first-order chi connectivity index (χ1) is 16.4. The van der Waals surface area contributed by atoms with Gasteiger partial charge in [0.05, 0.1) is 22.2 Å². The summed E-state index contributed by atoms with van der Waals surface area (Å²) in [7, 11) is 2.16. The molecule has 34 heavy (non-hydrogen) atoms. The molecule has 8 heteroatoms. The highest BCUT2D eigenvalue weighted by molar-refractivity contribution is 7.19. The van der Waals surface area contributed by atoms with Crippen LogP contribution in [0.2, 0.25) is 0 Å². The highest BCUT2D eigenvalue weighted by Gasteiger charge is 2.35. The normalized spacial score (nSPS) is 20.1. The molecule has 174 valence electrons. The number of anilines is 1. The summed E-state index contributed by atoms with van der Waals surface area (Å²) in [6.45, 7) is 6.53. The van der Waals surface area contributed by atoms with Gasteiger partial charge in [0.2, 0.25) is 0 Å². The third kappa shape index (κ3) is 4.54. The first-order valence-electron chi connectivity index (χ1n) is 11.6. The fourth-order valence-corrected chi connectivity index (χ4v) is 6.08. The lowest BCUT2D eigenvalue weighted by molar-refractivity contribution is 0.166. The quantitative estimate of drug-likeness (QED) is 0.585. The SMILES string of the molecule is Cc1cc(-c2sc(NC(=O)N3C[C@H]4CC[C@@H](C3)N(C)C4)nc2-c2cccc(C#N)c2)cc(C)n1. The number of hydrogen-bond donors (Lipinski definition) is 1. The predicted molar refractivity (Wildman–Crippen MR) is 135 cm³/mol. The maximum atomic E-state index is 13.3. The van der Waals surface area contributed by atoms with Crippen LogP contribution in [0.4, 0.5) is 9.93 Å². The summed E-state index contributed by atoms with van der Waals surface area (Å²) in [5, 5.41) is 13.0. The molecule has 2 bridgehead atoms. The van der Waals surface area contributed by atoms with Crippen molar-refractivity contribution in [1.29, 1.82) is 5.26 Å². The van der Waals surface area contributed by atoms with Crippen LogP contribution < -0.4 is 5.32 Å². The topological polar surface area (TPSA) is 85.2 Å². The zero-order valence-corrected chi connectivity index (χ0v) is 20.5. The lowest BCUT2D eigenvalue weighted by Gasteiger charge is -2.32. The Hall–Kier alpha value is -3.28. The minimum atomic E-state index is -0.0908.